The van der Waals surface area contributed by atoms with Crippen LogP contribution in [0.15, 0.2) is 23.0 Å². The number of anilines is 2. The van der Waals surface area contributed by atoms with E-state index in [-0.39, 0.29) is 29.1 Å². The molecule has 35 heavy (non-hydrogen) atoms. The Morgan fingerprint density at radius 1 is 1.31 bits per heavy atom. The van der Waals surface area contributed by atoms with E-state index in [1.165, 1.54) is 10.8 Å². The number of nitrogens with one attached hydrogen (secondary N) is 3. The summed E-state index contributed by atoms with van der Waals surface area (Å²) < 4.78 is 7.43. The maximum absolute atomic E-state index is 12.8. The SMILES string of the molecule is CCNC(=O)/C(C#N)=c1\s/c(=C/Nc2cccc(NC(=O)CN3COCC3(C)C)n2)c(=O)n1CC. The monoisotopic (exact) mass is 499 g/mol. The summed E-state index contributed by atoms with van der Waals surface area (Å²) in [6.45, 7) is 9.37. The Morgan fingerprint density at radius 3 is 2.69 bits per heavy atom. The Bertz CT molecular complexity index is 1320. The number of aromatic nitrogens is 2. The molecule has 2 aromatic rings. The van der Waals surface area contributed by atoms with Crippen molar-refractivity contribution in [2.75, 3.05) is 37.1 Å². The number of hydrogen-bond donors (Lipinski definition) is 3. The van der Waals surface area contributed by atoms with E-state index in [0.717, 1.165) is 11.3 Å². The van der Waals surface area contributed by atoms with Crippen LogP contribution in [0.3, 0.4) is 0 Å². The predicted molar refractivity (Wildman–Crippen MR) is 134 cm³/mol. The summed E-state index contributed by atoms with van der Waals surface area (Å²) in [5, 5.41) is 17.8. The quantitative estimate of drug-likeness (QED) is 0.461. The second kappa shape index (κ2) is 11.3. The molecule has 3 rings (SSSR count). The first-order valence-electron chi connectivity index (χ1n) is 11.2. The molecule has 3 heterocycles. The molecule has 2 amide bonds. The summed E-state index contributed by atoms with van der Waals surface area (Å²) in [6.07, 6.45) is 1.48. The normalized spacial score (nSPS) is 16.5. The molecule has 1 aliphatic heterocycles. The largest absolute Gasteiger partial charge is 0.364 e. The Morgan fingerprint density at radius 2 is 2.06 bits per heavy atom. The number of ether oxygens (including phenoxy) is 1. The van der Waals surface area contributed by atoms with E-state index in [1.54, 1.807) is 32.0 Å². The molecule has 1 aliphatic rings. The van der Waals surface area contributed by atoms with Crippen molar-refractivity contribution in [1.82, 2.24) is 19.8 Å². The van der Waals surface area contributed by atoms with Crippen LogP contribution >= 0.6 is 11.3 Å². The van der Waals surface area contributed by atoms with Crippen molar-refractivity contribution in [3.63, 3.8) is 0 Å². The van der Waals surface area contributed by atoms with Gasteiger partial charge in [-0.25, -0.2) is 4.98 Å². The molecular formula is C23H29N7O4S. The number of carbonyl (C=O) groups is 2. The molecule has 186 valence electrons. The van der Waals surface area contributed by atoms with Crippen LogP contribution in [0.2, 0.25) is 0 Å². The fourth-order valence-electron chi connectivity index (χ4n) is 3.45. The van der Waals surface area contributed by atoms with Crippen LogP contribution in [0, 0.1) is 11.3 Å². The molecule has 2 aromatic heterocycles. The molecule has 0 spiro atoms. The van der Waals surface area contributed by atoms with Crippen molar-refractivity contribution in [2.45, 2.75) is 39.8 Å². The third-order valence-corrected chi connectivity index (χ3v) is 6.50. The van der Waals surface area contributed by atoms with Gasteiger partial charge in [0.05, 0.1) is 13.2 Å². The van der Waals surface area contributed by atoms with Crippen LogP contribution in [-0.4, -0.2) is 58.2 Å². The maximum Gasteiger partial charge on any atom is 0.270 e. The first-order valence-corrected chi connectivity index (χ1v) is 12.0. The molecule has 0 radical (unpaired) electrons. The van der Waals surface area contributed by atoms with Gasteiger partial charge in [-0.05, 0) is 39.8 Å². The van der Waals surface area contributed by atoms with E-state index >= 15 is 0 Å². The lowest BCUT2D eigenvalue weighted by Crippen LogP contribution is -2.44. The molecule has 0 aromatic carbocycles. The number of carbonyl (C=O) groups excluding carboxylic acids is 2. The van der Waals surface area contributed by atoms with Crippen LogP contribution in [0.4, 0.5) is 11.6 Å². The third-order valence-electron chi connectivity index (χ3n) is 5.37. The molecule has 1 fully saturated rings. The Balaban J connectivity index is 1.81. The second-order valence-electron chi connectivity index (χ2n) is 8.40. The Kier molecular flexibility index (Phi) is 8.39. The molecule has 3 N–H and O–H groups in total. The standard InChI is InChI=1S/C23H29N7O4S/c1-5-25-20(32)15(10-24)22-30(6-2)21(33)16(35-22)11-26-17-8-7-9-18(27-17)28-19(31)12-29-14-34-13-23(29,3)4/h7-9,11H,5-6,12-14H2,1-4H3,(H,25,32)(H2,26,27,28,31)/b16-11+,22-15-. The van der Waals surface area contributed by atoms with E-state index in [2.05, 4.69) is 20.9 Å². The van der Waals surface area contributed by atoms with Gasteiger partial charge >= 0.3 is 0 Å². The average Bonchev–Trinajstić information content (AvgIpc) is 3.30. The zero-order valence-electron chi connectivity index (χ0n) is 20.2. The minimum absolute atomic E-state index is 0.107. The summed E-state index contributed by atoms with van der Waals surface area (Å²) in [5.74, 6) is 0.0431. The highest BCUT2D eigenvalue weighted by molar-refractivity contribution is 7.07. The van der Waals surface area contributed by atoms with Crippen molar-refractivity contribution in [1.29, 1.82) is 5.26 Å². The van der Waals surface area contributed by atoms with Crippen molar-refractivity contribution in [3.8, 4) is 6.07 Å². The minimum atomic E-state index is -0.521. The highest BCUT2D eigenvalue weighted by atomic mass is 32.1. The van der Waals surface area contributed by atoms with Gasteiger partial charge in [-0.2, -0.15) is 5.26 Å². The van der Waals surface area contributed by atoms with E-state index in [0.29, 0.717) is 47.3 Å². The van der Waals surface area contributed by atoms with Crippen molar-refractivity contribution in [3.05, 3.63) is 37.7 Å². The first-order chi connectivity index (χ1) is 16.7. The molecule has 0 unspecified atom stereocenters. The number of nitriles is 1. The third kappa shape index (κ3) is 6.13. The van der Waals surface area contributed by atoms with Crippen LogP contribution < -0.4 is 30.7 Å². The van der Waals surface area contributed by atoms with Gasteiger partial charge in [0.2, 0.25) is 5.91 Å². The van der Waals surface area contributed by atoms with Gasteiger partial charge in [-0.3, -0.25) is 23.9 Å². The van der Waals surface area contributed by atoms with Crippen molar-refractivity contribution >= 4 is 46.6 Å². The number of amides is 2. The number of nitrogens with zero attached hydrogens (tertiary/aromatic N) is 4. The van der Waals surface area contributed by atoms with Gasteiger partial charge in [0.1, 0.15) is 33.6 Å². The Hall–Kier alpha value is -3.53. The lowest BCUT2D eigenvalue weighted by atomic mass is 10.1. The number of hydrogen-bond acceptors (Lipinski definition) is 9. The summed E-state index contributed by atoms with van der Waals surface area (Å²) in [7, 11) is 0. The van der Waals surface area contributed by atoms with Gasteiger partial charge < -0.3 is 20.7 Å². The smallest absolute Gasteiger partial charge is 0.270 e. The van der Waals surface area contributed by atoms with Crippen LogP contribution in [0.25, 0.3) is 11.8 Å². The highest BCUT2D eigenvalue weighted by Crippen LogP contribution is 2.21. The summed E-state index contributed by atoms with van der Waals surface area (Å²) in [5.41, 5.74) is -0.643. The summed E-state index contributed by atoms with van der Waals surface area (Å²) >= 11 is 1.05. The van der Waals surface area contributed by atoms with E-state index in [1.807, 2.05) is 24.8 Å². The van der Waals surface area contributed by atoms with E-state index in [9.17, 15) is 19.6 Å². The van der Waals surface area contributed by atoms with Gasteiger partial charge in [-0.15, -0.1) is 11.3 Å². The van der Waals surface area contributed by atoms with Gasteiger partial charge in [0.15, 0.2) is 5.57 Å². The Labute approximate surface area is 206 Å². The highest BCUT2D eigenvalue weighted by Gasteiger charge is 2.34. The molecule has 1 saturated heterocycles. The van der Waals surface area contributed by atoms with Crippen molar-refractivity contribution in [2.24, 2.45) is 0 Å². The molecule has 0 aliphatic carbocycles. The van der Waals surface area contributed by atoms with Gasteiger partial charge in [0.25, 0.3) is 11.5 Å². The lowest BCUT2D eigenvalue weighted by molar-refractivity contribution is -0.118. The van der Waals surface area contributed by atoms with Gasteiger partial charge in [-0.1, -0.05) is 6.07 Å². The topological polar surface area (TPSA) is 141 Å². The lowest BCUT2D eigenvalue weighted by Gasteiger charge is -2.28. The molecule has 12 heteroatoms. The minimum Gasteiger partial charge on any atom is -0.364 e. The maximum atomic E-state index is 12.8. The van der Waals surface area contributed by atoms with Crippen LogP contribution in [0.1, 0.15) is 27.7 Å². The number of thiazole rings is 1. The zero-order valence-corrected chi connectivity index (χ0v) is 21.0. The zero-order chi connectivity index (χ0) is 25.6. The van der Waals surface area contributed by atoms with Crippen LogP contribution in [-0.2, 0) is 20.9 Å². The van der Waals surface area contributed by atoms with Gasteiger partial charge in [0, 0.05) is 24.8 Å². The van der Waals surface area contributed by atoms with E-state index in [4.69, 9.17) is 4.74 Å². The summed E-state index contributed by atoms with van der Waals surface area (Å²) in [6, 6.07) is 6.99. The fourth-order valence-corrected chi connectivity index (χ4v) is 4.53. The molecular weight excluding hydrogens is 470 g/mol. The average molecular weight is 500 g/mol. The van der Waals surface area contributed by atoms with Crippen molar-refractivity contribution < 1.29 is 14.3 Å². The predicted octanol–water partition coefficient (Wildman–Crippen LogP) is -0.00802. The first kappa shape index (κ1) is 26.1. The summed E-state index contributed by atoms with van der Waals surface area (Å²) in [4.78, 5) is 43.9. The molecule has 11 nitrogen and oxygen atoms in total. The molecule has 0 atom stereocenters. The fraction of sp³-hybridized carbons (Fsp3) is 0.435. The molecule has 0 saturated carbocycles. The molecule has 0 bridgehead atoms. The number of pyridine rings is 1. The van der Waals surface area contributed by atoms with E-state index < -0.39 is 5.91 Å². The van der Waals surface area contributed by atoms with Crippen LogP contribution in [0.5, 0.6) is 0 Å². The number of rotatable bonds is 8. The second-order valence-corrected chi connectivity index (χ2v) is 9.43.